The number of sulfone groups is 1. The Balaban J connectivity index is 2.56. The first-order valence-corrected chi connectivity index (χ1v) is 7.69. The summed E-state index contributed by atoms with van der Waals surface area (Å²) in [5, 5.41) is 0. The standard InChI is InChI=1S/C11H19FO4S/c1-3-11(2,12)10(13)16-9-5-4-7-17(14,15)8-6-9/h9H,3-8H2,1-2H3. The van der Waals surface area contributed by atoms with Gasteiger partial charge in [-0.15, -0.1) is 0 Å². The summed E-state index contributed by atoms with van der Waals surface area (Å²) >= 11 is 0. The molecule has 4 nitrogen and oxygen atoms in total. The molecule has 100 valence electrons. The fourth-order valence-corrected chi connectivity index (χ4v) is 3.06. The zero-order valence-corrected chi connectivity index (χ0v) is 11.1. The maximum Gasteiger partial charge on any atom is 0.343 e. The fraction of sp³-hybridized carbons (Fsp3) is 0.909. The second kappa shape index (κ2) is 5.33. The van der Waals surface area contributed by atoms with Crippen molar-refractivity contribution in [3.05, 3.63) is 0 Å². The molecular formula is C11H19FO4S. The number of rotatable bonds is 3. The number of halogens is 1. The molecule has 0 aromatic rings. The van der Waals surface area contributed by atoms with Gasteiger partial charge >= 0.3 is 5.97 Å². The maximum atomic E-state index is 13.6. The van der Waals surface area contributed by atoms with Crippen molar-refractivity contribution in [3.63, 3.8) is 0 Å². The fourth-order valence-electron chi connectivity index (χ4n) is 1.62. The van der Waals surface area contributed by atoms with Gasteiger partial charge in [0.1, 0.15) is 15.9 Å². The van der Waals surface area contributed by atoms with Gasteiger partial charge in [-0.25, -0.2) is 17.6 Å². The highest BCUT2D eigenvalue weighted by Gasteiger charge is 2.35. The van der Waals surface area contributed by atoms with Crippen LogP contribution >= 0.6 is 0 Å². The number of esters is 1. The van der Waals surface area contributed by atoms with Gasteiger partial charge in [-0.1, -0.05) is 6.92 Å². The Morgan fingerprint density at radius 1 is 1.41 bits per heavy atom. The first-order valence-electron chi connectivity index (χ1n) is 5.87. The van der Waals surface area contributed by atoms with Crippen LogP contribution in [0.4, 0.5) is 4.39 Å². The number of ether oxygens (including phenoxy) is 1. The molecule has 0 aromatic carbocycles. The zero-order valence-electron chi connectivity index (χ0n) is 10.2. The Morgan fingerprint density at radius 2 is 2.06 bits per heavy atom. The maximum absolute atomic E-state index is 13.6. The molecule has 0 bridgehead atoms. The Hall–Kier alpha value is -0.650. The van der Waals surface area contributed by atoms with Crippen LogP contribution in [0.5, 0.6) is 0 Å². The van der Waals surface area contributed by atoms with Gasteiger partial charge in [0.05, 0.1) is 11.5 Å². The average molecular weight is 266 g/mol. The van der Waals surface area contributed by atoms with E-state index in [-0.39, 0.29) is 24.3 Å². The number of carbonyl (C=O) groups is 1. The van der Waals surface area contributed by atoms with Gasteiger partial charge in [-0.05, 0) is 32.6 Å². The lowest BCUT2D eigenvalue weighted by Gasteiger charge is -2.21. The third kappa shape index (κ3) is 4.26. The van der Waals surface area contributed by atoms with Crippen LogP contribution in [-0.4, -0.2) is 37.7 Å². The summed E-state index contributed by atoms with van der Waals surface area (Å²) in [5.41, 5.74) is -1.98. The zero-order chi connectivity index (χ0) is 13.1. The minimum absolute atomic E-state index is 0.0140. The number of hydrogen-bond acceptors (Lipinski definition) is 4. The molecule has 2 unspecified atom stereocenters. The van der Waals surface area contributed by atoms with E-state index >= 15 is 0 Å². The predicted molar refractivity (Wildman–Crippen MR) is 62.2 cm³/mol. The van der Waals surface area contributed by atoms with E-state index in [4.69, 9.17) is 4.74 Å². The van der Waals surface area contributed by atoms with Crippen LogP contribution in [0.1, 0.15) is 39.5 Å². The third-order valence-corrected chi connectivity index (χ3v) is 4.86. The second-order valence-electron chi connectivity index (χ2n) is 4.66. The predicted octanol–water partition coefficient (Wildman–Crippen LogP) is 1.64. The van der Waals surface area contributed by atoms with E-state index in [0.717, 1.165) is 0 Å². The van der Waals surface area contributed by atoms with Crippen molar-refractivity contribution in [2.75, 3.05) is 11.5 Å². The molecular weight excluding hydrogens is 247 g/mol. The molecule has 1 saturated heterocycles. The molecule has 0 amide bonds. The van der Waals surface area contributed by atoms with Crippen molar-refractivity contribution in [2.24, 2.45) is 0 Å². The van der Waals surface area contributed by atoms with Gasteiger partial charge in [-0.3, -0.25) is 0 Å². The number of alkyl halides is 1. The van der Waals surface area contributed by atoms with Crippen molar-refractivity contribution in [3.8, 4) is 0 Å². The van der Waals surface area contributed by atoms with E-state index < -0.39 is 27.6 Å². The Morgan fingerprint density at radius 3 is 2.65 bits per heavy atom. The van der Waals surface area contributed by atoms with Crippen LogP contribution in [0.15, 0.2) is 0 Å². The lowest BCUT2D eigenvalue weighted by molar-refractivity contribution is -0.163. The molecule has 0 saturated carbocycles. The Labute approximate surface area is 101 Å². The summed E-state index contributed by atoms with van der Waals surface area (Å²) in [6.45, 7) is 2.75. The van der Waals surface area contributed by atoms with Crippen molar-refractivity contribution in [2.45, 2.75) is 51.3 Å². The van der Waals surface area contributed by atoms with Gasteiger partial charge < -0.3 is 4.74 Å². The van der Waals surface area contributed by atoms with E-state index in [9.17, 15) is 17.6 Å². The van der Waals surface area contributed by atoms with Crippen molar-refractivity contribution >= 4 is 15.8 Å². The minimum Gasteiger partial charge on any atom is -0.460 e. The molecule has 17 heavy (non-hydrogen) atoms. The molecule has 0 aliphatic carbocycles. The third-order valence-electron chi connectivity index (χ3n) is 3.10. The van der Waals surface area contributed by atoms with E-state index in [2.05, 4.69) is 0 Å². The molecule has 0 N–H and O–H groups in total. The van der Waals surface area contributed by atoms with Crippen LogP contribution in [0.25, 0.3) is 0 Å². The molecule has 1 fully saturated rings. The van der Waals surface area contributed by atoms with E-state index in [0.29, 0.717) is 12.8 Å². The van der Waals surface area contributed by atoms with Crippen LogP contribution in [0.3, 0.4) is 0 Å². The van der Waals surface area contributed by atoms with E-state index in [1.807, 2.05) is 0 Å². The van der Waals surface area contributed by atoms with Gasteiger partial charge in [0, 0.05) is 0 Å². The highest BCUT2D eigenvalue weighted by atomic mass is 32.2. The molecule has 2 atom stereocenters. The molecule has 1 aliphatic rings. The molecule has 0 radical (unpaired) electrons. The van der Waals surface area contributed by atoms with Gasteiger partial charge in [0.25, 0.3) is 0 Å². The van der Waals surface area contributed by atoms with Crippen LogP contribution in [0, 0.1) is 0 Å². The molecule has 0 spiro atoms. The summed E-state index contributed by atoms with van der Waals surface area (Å²) in [4.78, 5) is 11.5. The van der Waals surface area contributed by atoms with Crippen molar-refractivity contribution < 1.29 is 22.3 Å². The lowest BCUT2D eigenvalue weighted by Crippen LogP contribution is -2.34. The number of carbonyl (C=O) groups excluding carboxylic acids is 1. The first-order chi connectivity index (χ1) is 7.77. The topological polar surface area (TPSA) is 60.4 Å². The molecule has 6 heteroatoms. The Bertz CT molecular complexity index is 375. The minimum atomic E-state index is -3.01. The van der Waals surface area contributed by atoms with Gasteiger partial charge in [-0.2, -0.15) is 0 Å². The van der Waals surface area contributed by atoms with E-state index in [1.54, 1.807) is 6.92 Å². The second-order valence-corrected chi connectivity index (χ2v) is 6.96. The summed E-state index contributed by atoms with van der Waals surface area (Å²) in [6.07, 6.45) is 0.812. The average Bonchev–Trinajstić information content (AvgIpc) is 2.40. The highest BCUT2D eigenvalue weighted by Crippen LogP contribution is 2.22. The molecule has 1 heterocycles. The van der Waals surface area contributed by atoms with Crippen LogP contribution in [0.2, 0.25) is 0 Å². The first kappa shape index (κ1) is 14.4. The van der Waals surface area contributed by atoms with E-state index in [1.165, 1.54) is 6.92 Å². The largest absolute Gasteiger partial charge is 0.460 e. The monoisotopic (exact) mass is 266 g/mol. The van der Waals surface area contributed by atoms with Crippen LogP contribution < -0.4 is 0 Å². The molecule has 0 aromatic heterocycles. The summed E-state index contributed by atoms with van der Waals surface area (Å²) < 4.78 is 41.4. The smallest absolute Gasteiger partial charge is 0.343 e. The van der Waals surface area contributed by atoms with Crippen molar-refractivity contribution in [1.82, 2.24) is 0 Å². The quantitative estimate of drug-likeness (QED) is 0.728. The molecule has 1 aliphatic heterocycles. The lowest BCUT2D eigenvalue weighted by atomic mass is 10.1. The Kier molecular flexibility index (Phi) is 4.52. The summed E-state index contributed by atoms with van der Waals surface area (Å²) in [6, 6.07) is 0. The molecule has 1 rings (SSSR count). The highest BCUT2D eigenvalue weighted by molar-refractivity contribution is 7.91. The van der Waals surface area contributed by atoms with Gasteiger partial charge in [0.15, 0.2) is 0 Å². The normalized spacial score (nSPS) is 27.8. The SMILES string of the molecule is CCC(C)(F)C(=O)OC1CCCS(=O)(=O)CC1. The summed E-state index contributed by atoms with van der Waals surface area (Å²) in [5.74, 6) is -0.744. The van der Waals surface area contributed by atoms with Crippen LogP contribution in [-0.2, 0) is 19.4 Å². The summed E-state index contributed by atoms with van der Waals surface area (Å²) in [7, 11) is -3.01. The van der Waals surface area contributed by atoms with Gasteiger partial charge in [0.2, 0.25) is 5.67 Å². The van der Waals surface area contributed by atoms with Crippen molar-refractivity contribution in [1.29, 1.82) is 0 Å². The number of hydrogen-bond donors (Lipinski definition) is 0.